The third kappa shape index (κ3) is 6.85. The van der Waals surface area contributed by atoms with E-state index in [-0.39, 0.29) is 29.5 Å². The molecule has 2 aromatic rings. The highest BCUT2D eigenvalue weighted by Gasteiger charge is 2.29. The van der Waals surface area contributed by atoms with Gasteiger partial charge in [0.15, 0.2) is 23.2 Å². The summed E-state index contributed by atoms with van der Waals surface area (Å²) in [5.41, 5.74) is 1.84. The van der Waals surface area contributed by atoms with Gasteiger partial charge in [0.25, 0.3) is 0 Å². The molecule has 4 rings (SSSR count). The number of ether oxygens (including phenoxy) is 2. The van der Waals surface area contributed by atoms with Gasteiger partial charge in [-0.05, 0) is 91.5 Å². The maximum absolute atomic E-state index is 15.1. The van der Waals surface area contributed by atoms with E-state index in [4.69, 9.17) is 9.47 Å². The van der Waals surface area contributed by atoms with Gasteiger partial charge in [0, 0.05) is 0 Å². The van der Waals surface area contributed by atoms with Crippen LogP contribution >= 0.6 is 0 Å². The summed E-state index contributed by atoms with van der Waals surface area (Å²) in [5, 5.41) is 0. The second-order valence-corrected chi connectivity index (χ2v) is 10.9. The van der Waals surface area contributed by atoms with Gasteiger partial charge in [-0.2, -0.15) is 0 Å². The van der Waals surface area contributed by atoms with Gasteiger partial charge in [-0.25, -0.2) is 13.2 Å². The number of unbranched alkanes of at least 4 members (excludes halogenated alkanes) is 2. The Morgan fingerprint density at radius 2 is 1.39 bits per heavy atom. The van der Waals surface area contributed by atoms with Crippen LogP contribution in [-0.2, 0) is 11.3 Å². The average Bonchev–Trinajstić information content (AvgIpc) is 2.89. The van der Waals surface area contributed by atoms with Crippen molar-refractivity contribution in [2.75, 3.05) is 6.61 Å². The highest BCUT2D eigenvalue weighted by Crippen LogP contribution is 2.40. The van der Waals surface area contributed by atoms with E-state index in [1.54, 1.807) is 6.07 Å². The zero-order valence-electron chi connectivity index (χ0n) is 21.8. The third-order valence-corrected chi connectivity index (χ3v) is 8.20. The summed E-state index contributed by atoms with van der Waals surface area (Å²) < 4.78 is 56.0. The molecule has 5 heteroatoms. The van der Waals surface area contributed by atoms with Crippen LogP contribution in [0.1, 0.15) is 113 Å². The minimum atomic E-state index is -0.650. The lowest BCUT2D eigenvalue weighted by Gasteiger charge is -2.30. The molecule has 2 saturated carbocycles. The van der Waals surface area contributed by atoms with Crippen molar-refractivity contribution in [3.8, 4) is 5.75 Å². The van der Waals surface area contributed by atoms with Crippen molar-refractivity contribution in [1.82, 2.24) is 0 Å². The van der Waals surface area contributed by atoms with Crippen molar-refractivity contribution < 1.29 is 22.6 Å². The molecule has 2 aliphatic rings. The Hall–Kier alpha value is -2.01. The molecule has 36 heavy (non-hydrogen) atoms. The zero-order chi connectivity index (χ0) is 25.5. The summed E-state index contributed by atoms with van der Waals surface area (Å²) in [6.07, 6.45) is 10.3. The Kier molecular flexibility index (Phi) is 9.75. The van der Waals surface area contributed by atoms with Crippen LogP contribution < -0.4 is 4.74 Å². The van der Waals surface area contributed by atoms with Crippen LogP contribution in [0, 0.1) is 23.4 Å². The molecular weight excluding hydrogens is 461 g/mol. The van der Waals surface area contributed by atoms with Crippen molar-refractivity contribution in [3.05, 3.63) is 64.5 Å². The topological polar surface area (TPSA) is 18.5 Å². The molecule has 0 radical (unpaired) electrons. The average molecular weight is 503 g/mol. The molecule has 2 aromatic carbocycles. The van der Waals surface area contributed by atoms with E-state index < -0.39 is 11.6 Å². The number of rotatable bonds is 10. The van der Waals surface area contributed by atoms with E-state index in [0.29, 0.717) is 30.3 Å². The fourth-order valence-corrected chi connectivity index (χ4v) is 5.82. The minimum Gasteiger partial charge on any atom is -0.491 e. The van der Waals surface area contributed by atoms with Gasteiger partial charge < -0.3 is 9.47 Å². The Morgan fingerprint density at radius 1 is 0.778 bits per heavy atom. The lowest BCUT2D eigenvalue weighted by atomic mass is 9.77. The van der Waals surface area contributed by atoms with Crippen LogP contribution in [0.2, 0.25) is 0 Å². The van der Waals surface area contributed by atoms with E-state index in [1.165, 1.54) is 6.07 Å². The van der Waals surface area contributed by atoms with Crippen LogP contribution in [0.5, 0.6) is 5.75 Å². The molecule has 2 aliphatic carbocycles. The van der Waals surface area contributed by atoms with Crippen molar-refractivity contribution in [3.63, 3.8) is 0 Å². The first-order valence-electron chi connectivity index (χ1n) is 14.0. The smallest absolute Gasteiger partial charge is 0.165 e. The molecule has 0 amide bonds. The molecule has 2 nitrogen and oxygen atoms in total. The molecular formula is C31H41F3O2. The molecule has 0 bridgehead atoms. The third-order valence-electron chi connectivity index (χ3n) is 8.20. The Morgan fingerprint density at radius 3 is 1.97 bits per heavy atom. The van der Waals surface area contributed by atoms with E-state index in [1.807, 2.05) is 18.2 Å². The molecule has 198 valence electrons. The molecule has 0 aliphatic heterocycles. The SMILES string of the molecule is CCCCCOc1ccc(COC2CCC(c3ccc(C4CCC(C)CC4)c(F)c3F)CC2)cc1F. The van der Waals surface area contributed by atoms with Gasteiger partial charge in [0.1, 0.15) is 0 Å². The standard InChI is InChI=1S/C31H41F3O2/c1-3-4-5-18-35-29-17-8-22(19-28(29)32)20-36-25-13-11-24(12-14-25)27-16-15-26(30(33)31(27)34)23-9-6-21(2)7-10-23/h8,15-17,19,21,23-25H,3-7,9-14,18,20H2,1-2H3. The van der Waals surface area contributed by atoms with Crippen LogP contribution in [-0.4, -0.2) is 12.7 Å². The molecule has 0 unspecified atom stereocenters. The van der Waals surface area contributed by atoms with E-state index in [2.05, 4.69) is 13.8 Å². The number of halogens is 3. The molecule has 0 N–H and O–H groups in total. The second kappa shape index (κ2) is 13.0. The Balaban J connectivity index is 1.26. The maximum Gasteiger partial charge on any atom is 0.165 e. The lowest BCUT2D eigenvalue weighted by molar-refractivity contribution is 0.0130. The predicted molar refractivity (Wildman–Crippen MR) is 138 cm³/mol. The van der Waals surface area contributed by atoms with Gasteiger partial charge in [0.2, 0.25) is 0 Å². The number of hydrogen-bond donors (Lipinski definition) is 0. The summed E-state index contributed by atoms with van der Waals surface area (Å²) in [6.45, 7) is 5.21. The Bertz CT molecular complexity index is 976. The van der Waals surface area contributed by atoms with Gasteiger partial charge in [-0.1, -0.05) is 57.7 Å². The van der Waals surface area contributed by atoms with E-state index >= 15 is 8.78 Å². The van der Waals surface area contributed by atoms with E-state index in [9.17, 15) is 4.39 Å². The largest absolute Gasteiger partial charge is 0.491 e. The highest BCUT2D eigenvalue weighted by atomic mass is 19.2. The highest BCUT2D eigenvalue weighted by molar-refractivity contribution is 5.32. The first-order valence-corrected chi connectivity index (χ1v) is 14.0. The van der Waals surface area contributed by atoms with Crippen molar-refractivity contribution in [2.45, 2.75) is 109 Å². The van der Waals surface area contributed by atoms with Crippen molar-refractivity contribution in [1.29, 1.82) is 0 Å². The van der Waals surface area contributed by atoms with Crippen LogP contribution in [0.3, 0.4) is 0 Å². The first-order chi connectivity index (χ1) is 17.5. The molecule has 0 heterocycles. The summed E-state index contributed by atoms with van der Waals surface area (Å²) in [5.74, 6) is -0.526. The molecule has 0 aromatic heterocycles. The van der Waals surface area contributed by atoms with Gasteiger partial charge >= 0.3 is 0 Å². The fraction of sp³-hybridized carbons (Fsp3) is 0.613. The summed E-state index contributed by atoms with van der Waals surface area (Å²) in [7, 11) is 0. The monoisotopic (exact) mass is 502 g/mol. The molecule has 2 fully saturated rings. The van der Waals surface area contributed by atoms with E-state index in [0.717, 1.165) is 76.2 Å². The Labute approximate surface area is 214 Å². The minimum absolute atomic E-state index is 0.0152. The van der Waals surface area contributed by atoms with Crippen molar-refractivity contribution >= 4 is 0 Å². The maximum atomic E-state index is 15.1. The summed E-state index contributed by atoms with van der Waals surface area (Å²) >= 11 is 0. The molecule has 0 saturated heterocycles. The summed E-state index contributed by atoms with van der Waals surface area (Å²) in [4.78, 5) is 0. The summed E-state index contributed by atoms with van der Waals surface area (Å²) in [6, 6.07) is 8.66. The first kappa shape index (κ1) is 27.0. The van der Waals surface area contributed by atoms with Crippen molar-refractivity contribution in [2.24, 2.45) is 5.92 Å². The van der Waals surface area contributed by atoms with Gasteiger partial charge in [-0.15, -0.1) is 0 Å². The van der Waals surface area contributed by atoms with Gasteiger partial charge in [-0.3, -0.25) is 0 Å². The zero-order valence-corrected chi connectivity index (χ0v) is 21.8. The number of benzene rings is 2. The number of hydrogen-bond acceptors (Lipinski definition) is 2. The van der Waals surface area contributed by atoms with Crippen LogP contribution in [0.15, 0.2) is 30.3 Å². The normalized spacial score (nSPS) is 24.6. The van der Waals surface area contributed by atoms with Gasteiger partial charge in [0.05, 0.1) is 19.3 Å². The second-order valence-electron chi connectivity index (χ2n) is 10.9. The molecule has 0 spiro atoms. The quantitative estimate of drug-likeness (QED) is 0.302. The lowest BCUT2D eigenvalue weighted by Crippen LogP contribution is -2.22. The van der Waals surface area contributed by atoms with Crippen LogP contribution in [0.25, 0.3) is 0 Å². The van der Waals surface area contributed by atoms with Crippen LogP contribution in [0.4, 0.5) is 13.2 Å². The molecule has 0 atom stereocenters. The predicted octanol–water partition coefficient (Wildman–Crippen LogP) is 9.21. The fourth-order valence-electron chi connectivity index (χ4n) is 5.82.